The van der Waals surface area contributed by atoms with E-state index in [9.17, 15) is 0 Å². The van der Waals surface area contributed by atoms with Crippen molar-refractivity contribution in [3.05, 3.63) is 182 Å². The summed E-state index contributed by atoms with van der Waals surface area (Å²) in [6, 6.07) is 66.0. The molecule has 11 rings (SSSR count). The second-order valence-electron chi connectivity index (χ2n) is 13.7. The number of fused-ring (bicyclic) bond motifs is 6. The third kappa shape index (κ3) is 4.19. The minimum atomic E-state index is 1.08. The minimum Gasteiger partial charge on any atom is -0.355 e. The predicted octanol–water partition coefficient (Wildman–Crippen LogP) is 14.3. The van der Waals surface area contributed by atoms with Crippen LogP contribution in [0.3, 0.4) is 0 Å². The van der Waals surface area contributed by atoms with Crippen LogP contribution in [-0.4, -0.2) is 0 Å². The van der Waals surface area contributed by atoms with E-state index in [1.807, 2.05) is 0 Å². The van der Waals surface area contributed by atoms with E-state index in [0.717, 1.165) is 22.7 Å². The quantitative estimate of drug-likeness (QED) is 0.185. The molecule has 0 atom stereocenters. The topological polar surface area (TPSA) is 24.1 Å². The second kappa shape index (κ2) is 11.3. The first kappa shape index (κ1) is 28.9. The Hall–Kier alpha value is -6.90. The van der Waals surface area contributed by atoms with Crippen LogP contribution in [0, 0.1) is 0 Å². The zero-order valence-electron chi connectivity index (χ0n) is 28.3. The zero-order valence-corrected chi connectivity index (χ0v) is 28.3. The van der Waals surface area contributed by atoms with Crippen LogP contribution in [0.15, 0.2) is 182 Å². The van der Waals surface area contributed by atoms with Crippen LogP contribution in [0.1, 0.15) is 0 Å². The third-order valence-electron chi connectivity index (χ3n) is 10.9. The van der Waals surface area contributed by atoms with Gasteiger partial charge in [0.25, 0.3) is 0 Å². The molecule has 52 heavy (non-hydrogen) atoms. The Bertz CT molecular complexity index is 2810. The van der Waals surface area contributed by atoms with Gasteiger partial charge < -0.3 is 10.6 Å². The number of anilines is 4. The molecule has 11 aromatic rings. The molecule has 0 saturated carbocycles. The van der Waals surface area contributed by atoms with Crippen molar-refractivity contribution in [3.63, 3.8) is 0 Å². The lowest BCUT2D eigenvalue weighted by Crippen LogP contribution is -1.91. The number of hydrogen-bond donors (Lipinski definition) is 2. The molecule has 0 aromatic heterocycles. The molecule has 0 unspecified atom stereocenters. The summed E-state index contributed by atoms with van der Waals surface area (Å²) in [5, 5.41) is 22.9. The Morgan fingerprint density at radius 1 is 0.231 bits per heavy atom. The van der Waals surface area contributed by atoms with Gasteiger partial charge in [0.1, 0.15) is 0 Å². The lowest BCUT2D eigenvalue weighted by atomic mass is 9.87. The van der Waals surface area contributed by atoms with E-state index in [2.05, 4.69) is 193 Å². The molecule has 0 bridgehead atoms. The van der Waals surface area contributed by atoms with Crippen LogP contribution >= 0.6 is 0 Å². The van der Waals surface area contributed by atoms with Crippen molar-refractivity contribution in [3.8, 4) is 22.3 Å². The van der Waals surface area contributed by atoms with Crippen LogP contribution in [0.4, 0.5) is 22.7 Å². The van der Waals surface area contributed by atoms with Gasteiger partial charge in [0.2, 0.25) is 0 Å². The zero-order chi connectivity index (χ0) is 34.2. The van der Waals surface area contributed by atoms with E-state index in [0.29, 0.717) is 0 Å². The lowest BCUT2D eigenvalue weighted by Gasteiger charge is -2.15. The van der Waals surface area contributed by atoms with Crippen LogP contribution in [0.25, 0.3) is 86.9 Å². The Balaban J connectivity index is 1.35. The largest absolute Gasteiger partial charge is 0.355 e. The molecule has 11 aromatic carbocycles. The number of rotatable bonds is 6. The van der Waals surface area contributed by atoms with Crippen molar-refractivity contribution < 1.29 is 0 Å². The van der Waals surface area contributed by atoms with Gasteiger partial charge in [-0.15, -0.1) is 0 Å². The van der Waals surface area contributed by atoms with E-state index in [-0.39, 0.29) is 0 Å². The fourth-order valence-corrected chi connectivity index (χ4v) is 8.83. The molecule has 0 fully saturated rings. The summed E-state index contributed by atoms with van der Waals surface area (Å²) in [6.45, 7) is 0. The number of nitrogens with one attached hydrogen (secondary N) is 2. The maximum Gasteiger partial charge on any atom is 0.0464 e. The van der Waals surface area contributed by atoms with Crippen molar-refractivity contribution in [1.29, 1.82) is 0 Å². The van der Waals surface area contributed by atoms with Gasteiger partial charge in [-0.2, -0.15) is 0 Å². The Morgan fingerprint density at radius 2 is 0.558 bits per heavy atom. The van der Waals surface area contributed by atoms with Crippen molar-refractivity contribution in [1.82, 2.24) is 0 Å². The number of benzene rings is 9. The maximum atomic E-state index is 3.74. The second-order valence-corrected chi connectivity index (χ2v) is 13.7. The van der Waals surface area contributed by atoms with Crippen molar-refractivity contribution >= 4 is 87.4 Å². The molecule has 0 saturated heterocycles. The smallest absolute Gasteiger partial charge is 0.0464 e. The van der Waals surface area contributed by atoms with Crippen molar-refractivity contribution in [2.45, 2.75) is 0 Å². The van der Waals surface area contributed by atoms with Gasteiger partial charge in [-0.1, -0.05) is 146 Å². The molecule has 0 heterocycles. The number of para-hydroxylation sites is 2. The molecular formula is C50H32N2. The Labute approximate surface area is 301 Å². The van der Waals surface area contributed by atoms with Crippen LogP contribution < -0.4 is 10.6 Å². The first-order valence-corrected chi connectivity index (χ1v) is 18.0. The third-order valence-corrected chi connectivity index (χ3v) is 10.9. The van der Waals surface area contributed by atoms with Crippen LogP contribution in [-0.2, 0) is 0 Å². The molecule has 0 radical (unpaired) electrons. The van der Waals surface area contributed by atoms with E-state index in [1.165, 1.54) is 86.9 Å². The normalized spacial score (nSPS) is 11.8. The monoisotopic (exact) mass is 660 g/mol. The summed E-state index contributed by atoms with van der Waals surface area (Å²) < 4.78 is 0. The summed E-state index contributed by atoms with van der Waals surface area (Å²) in [4.78, 5) is 0. The molecule has 2 nitrogen and oxygen atoms in total. The van der Waals surface area contributed by atoms with E-state index in [1.54, 1.807) is 0 Å². The summed E-state index contributed by atoms with van der Waals surface area (Å²) in [6.07, 6.45) is 0. The SMILES string of the molecule is c1ccc(Nc2ccc3c4c(-c5ccccc5)c5c6ccc(Nc7ccccc7)c7cccc(c5c(-c5ccccc5)c4c4cccc2c43)c76)cc1. The molecule has 0 aliphatic carbocycles. The first-order valence-electron chi connectivity index (χ1n) is 18.0. The van der Waals surface area contributed by atoms with Gasteiger partial charge in [0.05, 0.1) is 0 Å². The van der Waals surface area contributed by atoms with E-state index in [4.69, 9.17) is 0 Å². The Kier molecular flexibility index (Phi) is 6.28. The molecule has 2 N–H and O–H groups in total. The average molecular weight is 661 g/mol. The van der Waals surface area contributed by atoms with Gasteiger partial charge >= 0.3 is 0 Å². The van der Waals surface area contributed by atoms with Crippen molar-refractivity contribution in [2.75, 3.05) is 10.6 Å². The average Bonchev–Trinajstić information content (AvgIpc) is 3.72. The molecule has 0 aliphatic heterocycles. The first-order chi connectivity index (χ1) is 25.8. The molecule has 0 aliphatic rings. The highest BCUT2D eigenvalue weighted by molar-refractivity contribution is 6.47. The molecule has 0 spiro atoms. The summed E-state index contributed by atoms with van der Waals surface area (Å²) in [7, 11) is 0. The van der Waals surface area contributed by atoms with Gasteiger partial charge in [-0.05, 0) is 113 Å². The summed E-state index contributed by atoms with van der Waals surface area (Å²) >= 11 is 0. The van der Waals surface area contributed by atoms with Gasteiger partial charge in [0, 0.05) is 33.5 Å². The van der Waals surface area contributed by atoms with E-state index >= 15 is 0 Å². The standard InChI is InChI=1S/C50H32N2/c1-5-15-31(16-6-1)43-47-37-25-13-23-35-41(51-33-19-9-3-10-20-33)29-27-39(45(35)37)49(47)44(32-17-7-2-8-18-32)50-40-28-30-42(52-34-21-11-4-12-22-34)36-24-14-26-38(46(36)40)48(43)50/h1-30,51-52H. The van der Waals surface area contributed by atoms with Crippen molar-refractivity contribution in [2.24, 2.45) is 0 Å². The Morgan fingerprint density at radius 3 is 0.942 bits per heavy atom. The van der Waals surface area contributed by atoms with Gasteiger partial charge in [0.15, 0.2) is 0 Å². The van der Waals surface area contributed by atoms with Gasteiger partial charge in [-0.3, -0.25) is 0 Å². The molecule has 2 heteroatoms. The highest BCUT2D eigenvalue weighted by Crippen LogP contribution is 2.56. The fraction of sp³-hybridized carbons (Fsp3) is 0. The minimum absolute atomic E-state index is 1.08. The van der Waals surface area contributed by atoms with Crippen LogP contribution in [0.5, 0.6) is 0 Å². The summed E-state index contributed by atoms with van der Waals surface area (Å²) in [5.74, 6) is 0. The lowest BCUT2D eigenvalue weighted by molar-refractivity contribution is 1.59. The predicted molar refractivity (Wildman–Crippen MR) is 224 cm³/mol. The molecular weight excluding hydrogens is 629 g/mol. The van der Waals surface area contributed by atoms with Gasteiger partial charge in [-0.25, -0.2) is 0 Å². The van der Waals surface area contributed by atoms with Crippen LogP contribution in [0.2, 0.25) is 0 Å². The fourth-order valence-electron chi connectivity index (χ4n) is 8.83. The molecule has 0 amide bonds. The van der Waals surface area contributed by atoms with E-state index < -0.39 is 0 Å². The molecule has 242 valence electrons. The number of hydrogen-bond acceptors (Lipinski definition) is 2. The summed E-state index contributed by atoms with van der Waals surface area (Å²) in [5.41, 5.74) is 9.45. The highest BCUT2D eigenvalue weighted by Gasteiger charge is 2.28. The highest BCUT2D eigenvalue weighted by atomic mass is 14.9. The maximum absolute atomic E-state index is 3.74.